The van der Waals surface area contributed by atoms with Crippen molar-refractivity contribution >= 4 is 15.9 Å². The van der Waals surface area contributed by atoms with E-state index in [-0.39, 0.29) is 11.9 Å². The van der Waals surface area contributed by atoms with Crippen molar-refractivity contribution in [2.45, 2.75) is 44.6 Å². The molecule has 1 aromatic rings. The fourth-order valence-electron chi connectivity index (χ4n) is 2.75. The number of rotatable bonds is 3. The lowest BCUT2D eigenvalue weighted by Crippen LogP contribution is -2.20. The molecular weight excluding hydrogens is 305 g/mol. The normalized spacial score (nSPS) is 21.1. The van der Waals surface area contributed by atoms with Gasteiger partial charge in [-0.1, -0.05) is 46.5 Å². The van der Waals surface area contributed by atoms with Crippen molar-refractivity contribution in [3.05, 3.63) is 45.7 Å². The molecule has 0 saturated heterocycles. The Morgan fingerprint density at radius 1 is 1.21 bits per heavy atom. The van der Waals surface area contributed by atoms with Crippen LogP contribution >= 0.6 is 15.9 Å². The molecule has 2 rings (SSSR count). The predicted octanol–water partition coefficient (Wildman–Crippen LogP) is 5.13. The summed E-state index contributed by atoms with van der Waals surface area (Å²) in [5.41, 5.74) is 2.56. The Balaban J connectivity index is 2.27. The molecule has 0 spiro atoms. The van der Waals surface area contributed by atoms with E-state index in [1.807, 2.05) is 13.1 Å². The average Bonchev–Trinajstić information content (AvgIpc) is 2.34. The van der Waals surface area contributed by atoms with Crippen molar-refractivity contribution < 1.29 is 4.39 Å². The summed E-state index contributed by atoms with van der Waals surface area (Å²) in [5, 5.41) is 3.38. The van der Waals surface area contributed by atoms with Gasteiger partial charge in [-0.15, -0.1) is 0 Å². The third-order valence-electron chi connectivity index (χ3n) is 3.76. The molecule has 0 aromatic heterocycles. The first kappa shape index (κ1) is 14.7. The highest BCUT2D eigenvalue weighted by molar-refractivity contribution is 9.10. The number of hydrogen-bond donors (Lipinski definition) is 1. The Hall–Kier alpha value is -0.670. The van der Waals surface area contributed by atoms with Crippen LogP contribution in [0.4, 0.5) is 4.39 Å². The van der Waals surface area contributed by atoms with E-state index >= 15 is 0 Å². The first-order chi connectivity index (χ1) is 9.22. The van der Waals surface area contributed by atoms with Crippen LogP contribution in [-0.2, 0) is 0 Å². The molecule has 0 fully saturated rings. The lowest BCUT2D eigenvalue weighted by Gasteiger charge is -2.23. The minimum atomic E-state index is -0.197. The lowest BCUT2D eigenvalue weighted by molar-refractivity contribution is 0.571. The highest BCUT2D eigenvalue weighted by Crippen LogP contribution is 2.32. The highest BCUT2D eigenvalue weighted by Gasteiger charge is 2.18. The molecule has 0 heterocycles. The molecule has 19 heavy (non-hydrogen) atoms. The summed E-state index contributed by atoms with van der Waals surface area (Å²) >= 11 is 3.48. The summed E-state index contributed by atoms with van der Waals surface area (Å²) in [4.78, 5) is 0. The second-order valence-electron chi connectivity index (χ2n) is 5.12. The number of nitrogens with one attached hydrogen (secondary N) is 1. The molecule has 1 atom stereocenters. The summed E-state index contributed by atoms with van der Waals surface area (Å²) in [6.07, 6.45) is 9.86. The van der Waals surface area contributed by atoms with Gasteiger partial charge in [0, 0.05) is 4.47 Å². The van der Waals surface area contributed by atoms with Gasteiger partial charge < -0.3 is 5.32 Å². The van der Waals surface area contributed by atoms with Gasteiger partial charge in [0.15, 0.2) is 0 Å². The molecule has 3 heteroatoms. The highest BCUT2D eigenvalue weighted by atomic mass is 79.9. The molecule has 1 nitrogen and oxygen atoms in total. The lowest BCUT2D eigenvalue weighted by atomic mass is 9.91. The van der Waals surface area contributed by atoms with Crippen LogP contribution in [-0.4, -0.2) is 7.05 Å². The first-order valence-corrected chi connectivity index (χ1v) is 7.83. The van der Waals surface area contributed by atoms with Crippen LogP contribution in [0.5, 0.6) is 0 Å². The minimum Gasteiger partial charge on any atom is -0.310 e. The van der Waals surface area contributed by atoms with Crippen LogP contribution in [0.1, 0.15) is 50.1 Å². The maximum absolute atomic E-state index is 13.2. The van der Waals surface area contributed by atoms with E-state index in [2.05, 4.69) is 27.3 Å². The first-order valence-electron chi connectivity index (χ1n) is 7.03. The van der Waals surface area contributed by atoms with E-state index in [1.54, 1.807) is 6.07 Å². The van der Waals surface area contributed by atoms with E-state index in [0.29, 0.717) is 0 Å². The van der Waals surface area contributed by atoms with E-state index < -0.39 is 0 Å². The molecule has 0 bridgehead atoms. The number of halogens is 2. The van der Waals surface area contributed by atoms with Gasteiger partial charge >= 0.3 is 0 Å². The number of hydrogen-bond acceptors (Lipinski definition) is 1. The maximum atomic E-state index is 13.2. The van der Waals surface area contributed by atoms with Crippen LogP contribution in [0.2, 0.25) is 0 Å². The Morgan fingerprint density at radius 2 is 2.00 bits per heavy atom. The predicted molar refractivity (Wildman–Crippen MR) is 81.7 cm³/mol. The van der Waals surface area contributed by atoms with Gasteiger partial charge in [-0.05, 0) is 50.4 Å². The molecule has 0 saturated carbocycles. The summed E-state index contributed by atoms with van der Waals surface area (Å²) in [6, 6.07) is 5.14. The Labute approximate surface area is 123 Å². The molecule has 104 valence electrons. The summed E-state index contributed by atoms with van der Waals surface area (Å²) in [6.45, 7) is 0. The van der Waals surface area contributed by atoms with Gasteiger partial charge in [0.25, 0.3) is 0 Å². The summed E-state index contributed by atoms with van der Waals surface area (Å²) in [5.74, 6) is -0.197. The van der Waals surface area contributed by atoms with Gasteiger partial charge in [-0.2, -0.15) is 0 Å². The number of benzene rings is 1. The Bertz CT molecular complexity index is 456. The van der Waals surface area contributed by atoms with E-state index in [9.17, 15) is 4.39 Å². The third kappa shape index (κ3) is 3.90. The quantitative estimate of drug-likeness (QED) is 0.759. The van der Waals surface area contributed by atoms with Gasteiger partial charge in [0.2, 0.25) is 0 Å². The minimum absolute atomic E-state index is 0.188. The fourth-order valence-corrected chi connectivity index (χ4v) is 3.33. The molecule has 1 unspecified atom stereocenters. The van der Waals surface area contributed by atoms with E-state index in [0.717, 1.165) is 22.9 Å². The molecule has 1 aliphatic rings. The zero-order valence-corrected chi connectivity index (χ0v) is 13.0. The number of likely N-dealkylation sites (N-methyl/N-ethyl adjacent to an activating group) is 1. The van der Waals surface area contributed by atoms with E-state index in [4.69, 9.17) is 0 Å². The molecule has 1 aromatic carbocycles. The largest absolute Gasteiger partial charge is 0.310 e. The van der Waals surface area contributed by atoms with Crippen molar-refractivity contribution in [3.8, 4) is 0 Å². The number of allylic oxidation sites excluding steroid dienone is 1. The second-order valence-corrected chi connectivity index (χ2v) is 5.97. The molecule has 1 N–H and O–H groups in total. The second kappa shape index (κ2) is 7.20. The van der Waals surface area contributed by atoms with Crippen molar-refractivity contribution in [1.29, 1.82) is 0 Å². The molecule has 0 radical (unpaired) electrons. The maximum Gasteiger partial charge on any atom is 0.124 e. The van der Waals surface area contributed by atoms with Crippen molar-refractivity contribution in [1.82, 2.24) is 5.32 Å². The summed E-state index contributed by atoms with van der Waals surface area (Å²) < 4.78 is 14.1. The molecule has 0 aliphatic heterocycles. The van der Waals surface area contributed by atoms with Gasteiger partial charge in [0.05, 0.1) is 6.04 Å². The van der Waals surface area contributed by atoms with E-state index in [1.165, 1.54) is 37.3 Å². The molecule has 1 aliphatic carbocycles. The van der Waals surface area contributed by atoms with Gasteiger partial charge in [-0.3, -0.25) is 0 Å². The monoisotopic (exact) mass is 325 g/mol. The zero-order valence-electron chi connectivity index (χ0n) is 11.4. The smallest absolute Gasteiger partial charge is 0.124 e. The van der Waals surface area contributed by atoms with Crippen LogP contribution in [0.3, 0.4) is 0 Å². The van der Waals surface area contributed by atoms with Crippen LogP contribution in [0.15, 0.2) is 34.3 Å². The molecular formula is C16H21BrFN. The Morgan fingerprint density at radius 3 is 2.74 bits per heavy atom. The molecule has 0 amide bonds. The SMILES string of the molecule is CNC(/C1=C/CCCCCC1)c1ccc(F)cc1Br. The zero-order chi connectivity index (χ0) is 13.7. The fraction of sp³-hybridized carbons (Fsp3) is 0.500. The van der Waals surface area contributed by atoms with Crippen molar-refractivity contribution in [3.63, 3.8) is 0 Å². The van der Waals surface area contributed by atoms with Gasteiger partial charge in [0.1, 0.15) is 5.82 Å². The third-order valence-corrected chi connectivity index (χ3v) is 4.45. The topological polar surface area (TPSA) is 12.0 Å². The van der Waals surface area contributed by atoms with Crippen LogP contribution in [0.25, 0.3) is 0 Å². The van der Waals surface area contributed by atoms with Gasteiger partial charge in [-0.25, -0.2) is 4.39 Å². The standard InChI is InChI=1S/C16H21BrFN/c1-19-16(12-7-5-3-2-4-6-8-12)14-10-9-13(18)11-15(14)17/h7,9-11,16,19H,2-6,8H2,1H3/b12-7+. The summed E-state index contributed by atoms with van der Waals surface area (Å²) in [7, 11) is 1.97. The van der Waals surface area contributed by atoms with Crippen LogP contribution < -0.4 is 5.32 Å². The van der Waals surface area contributed by atoms with Crippen molar-refractivity contribution in [2.24, 2.45) is 0 Å². The Kier molecular flexibility index (Phi) is 5.59. The van der Waals surface area contributed by atoms with Crippen LogP contribution in [0, 0.1) is 5.82 Å². The average molecular weight is 326 g/mol. The van der Waals surface area contributed by atoms with Crippen molar-refractivity contribution in [2.75, 3.05) is 7.05 Å².